The second-order valence-electron chi connectivity index (χ2n) is 8.45. The van der Waals surface area contributed by atoms with Crippen LogP contribution in [0.4, 0.5) is 5.13 Å². The van der Waals surface area contributed by atoms with Crippen LogP contribution in [0.2, 0.25) is 0 Å². The highest BCUT2D eigenvalue weighted by Gasteiger charge is 2.27. The molecule has 0 aromatic carbocycles. The molecule has 0 bridgehead atoms. The molecule has 1 fully saturated rings. The molecule has 1 saturated heterocycles. The topological polar surface area (TPSA) is 88.8 Å². The van der Waals surface area contributed by atoms with Crippen LogP contribution in [0.15, 0.2) is 4.79 Å². The van der Waals surface area contributed by atoms with Crippen molar-refractivity contribution in [3.05, 3.63) is 21.6 Å². The van der Waals surface area contributed by atoms with Crippen LogP contribution in [0, 0.1) is 5.92 Å². The Kier molecular flexibility index (Phi) is 6.67. The van der Waals surface area contributed by atoms with Gasteiger partial charge in [-0.2, -0.15) is 4.52 Å². The zero-order chi connectivity index (χ0) is 21.1. The van der Waals surface area contributed by atoms with Gasteiger partial charge in [0.25, 0.3) is 5.56 Å². The average molecular weight is 434 g/mol. The molecular formula is C21H31N5O3S. The van der Waals surface area contributed by atoms with Gasteiger partial charge >= 0.3 is 0 Å². The van der Waals surface area contributed by atoms with Gasteiger partial charge in [-0.25, -0.2) is 4.98 Å². The molecule has 0 radical (unpaired) electrons. The van der Waals surface area contributed by atoms with E-state index in [1.807, 2.05) is 13.8 Å². The predicted molar refractivity (Wildman–Crippen MR) is 117 cm³/mol. The fourth-order valence-corrected chi connectivity index (χ4v) is 5.13. The van der Waals surface area contributed by atoms with Crippen molar-refractivity contribution in [3.8, 4) is 0 Å². The third kappa shape index (κ3) is 4.67. The Labute approximate surface area is 180 Å². The van der Waals surface area contributed by atoms with Gasteiger partial charge in [-0.05, 0) is 58.8 Å². The Balaban J connectivity index is 1.33. The summed E-state index contributed by atoms with van der Waals surface area (Å²) in [5.74, 6) is 0.170. The van der Waals surface area contributed by atoms with Crippen LogP contribution in [0.5, 0.6) is 0 Å². The summed E-state index contributed by atoms with van der Waals surface area (Å²) in [4.78, 5) is 32.8. The summed E-state index contributed by atoms with van der Waals surface area (Å²) in [5, 5.41) is 8.43. The zero-order valence-corrected chi connectivity index (χ0v) is 18.7. The fourth-order valence-electron chi connectivity index (χ4n) is 4.17. The number of carbonyl (C=O) groups excluding carboxylic acids is 1. The van der Waals surface area contributed by atoms with Crippen molar-refractivity contribution in [1.82, 2.24) is 19.9 Å². The smallest absolute Gasteiger partial charge is 0.278 e. The molecule has 2 aromatic heterocycles. The minimum atomic E-state index is -0.00656. The van der Waals surface area contributed by atoms with Gasteiger partial charge in [0, 0.05) is 37.7 Å². The van der Waals surface area contributed by atoms with E-state index in [0.717, 1.165) is 74.4 Å². The molecule has 1 N–H and O–H groups in total. The SMILES string of the molecule is CC(C)OCCCNC(=O)C1CCN(c2nn3c(=O)c4c(nc3s2)CCCC4)CC1. The van der Waals surface area contributed by atoms with E-state index in [-0.39, 0.29) is 23.5 Å². The molecule has 1 aliphatic carbocycles. The number of piperidine rings is 1. The Morgan fingerprint density at radius 1 is 1.27 bits per heavy atom. The normalized spacial score (nSPS) is 17.5. The summed E-state index contributed by atoms with van der Waals surface area (Å²) in [6.07, 6.45) is 6.49. The summed E-state index contributed by atoms with van der Waals surface area (Å²) in [5.41, 5.74) is 1.79. The number of rotatable bonds is 7. The van der Waals surface area contributed by atoms with E-state index in [2.05, 4.69) is 15.3 Å². The largest absolute Gasteiger partial charge is 0.379 e. The van der Waals surface area contributed by atoms with Crippen LogP contribution in [0.3, 0.4) is 0 Å². The fraction of sp³-hybridized carbons (Fsp3) is 0.714. The number of ether oxygens (including phenoxy) is 1. The highest BCUT2D eigenvalue weighted by atomic mass is 32.1. The number of nitrogens with zero attached hydrogens (tertiary/aromatic N) is 4. The van der Waals surface area contributed by atoms with Crippen molar-refractivity contribution in [3.63, 3.8) is 0 Å². The molecule has 0 spiro atoms. The molecule has 2 aliphatic rings. The van der Waals surface area contributed by atoms with Crippen molar-refractivity contribution < 1.29 is 9.53 Å². The maximum atomic E-state index is 12.8. The van der Waals surface area contributed by atoms with E-state index < -0.39 is 0 Å². The lowest BCUT2D eigenvalue weighted by Gasteiger charge is -2.30. The molecular weight excluding hydrogens is 402 g/mol. The number of amides is 1. The highest BCUT2D eigenvalue weighted by molar-refractivity contribution is 7.20. The van der Waals surface area contributed by atoms with E-state index in [1.54, 1.807) is 0 Å². The minimum absolute atomic E-state index is 0.00656. The number of hydrogen-bond donors (Lipinski definition) is 1. The van der Waals surface area contributed by atoms with Gasteiger partial charge in [-0.1, -0.05) is 11.3 Å². The van der Waals surface area contributed by atoms with Crippen molar-refractivity contribution in [1.29, 1.82) is 0 Å². The van der Waals surface area contributed by atoms with Gasteiger partial charge in [-0.15, -0.1) is 5.10 Å². The summed E-state index contributed by atoms with van der Waals surface area (Å²) in [7, 11) is 0. The first-order valence-corrected chi connectivity index (χ1v) is 11.9. The van der Waals surface area contributed by atoms with Gasteiger partial charge in [0.1, 0.15) is 0 Å². The number of carbonyl (C=O) groups is 1. The van der Waals surface area contributed by atoms with Crippen molar-refractivity contribution in [2.45, 2.75) is 64.9 Å². The van der Waals surface area contributed by atoms with E-state index in [9.17, 15) is 9.59 Å². The summed E-state index contributed by atoms with van der Waals surface area (Å²) in [6, 6.07) is 0. The summed E-state index contributed by atoms with van der Waals surface area (Å²) >= 11 is 1.47. The van der Waals surface area contributed by atoms with Gasteiger partial charge in [-0.3, -0.25) is 9.59 Å². The Morgan fingerprint density at radius 3 is 2.80 bits per heavy atom. The lowest BCUT2D eigenvalue weighted by atomic mass is 9.96. The number of nitrogens with one attached hydrogen (secondary N) is 1. The van der Waals surface area contributed by atoms with Gasteiger partial charge < -0.3 is 15.0 Å². The molecule has 2 aromatic rings. The standard InChI is InChI=1S/C21H31N5O3S/c1-14(2)29-13-5-10-22-18(27)15-8-11-25(12-9-15)21-24-26-19(28)16-6-3-4-7-17(16)23-20(26)30-21/h14-15H,3-13H2,1-2H3,(H,22,27). The van der Waals surface area contributed by atoms with Crippen molar-refractivity contribution in [2.24, 2.45) is 5.92 Å². The minimum Gasteiger partial charge on any atom is -0.379 e. The van der Waals surface area contributed by atoms with Crippen molar-refractivity contribution >= 4 is 27.3 Å². The molecule has 0 atom stereocenters. The molecule has 0 unspecified atom stereocenters. The highest BCUT2D eigenvalue weighted by Crippen LogP contribution is 2.28. The lowest BCUT2D eigenvalue weighted by Crippen LogP contribution is -2.41. The molecule has 30 heavy (non-hydrogen) atoms. The van der Waals surface area contributed by atoms with Crippen LogP contribution in [-0.4, -0.2) is 52.9 Å². The Bertz CT molecular complexity index is 946. The first kappa shape index (κ1) is 21.2. The number of anilines is 1. The predicted octanol–water partition coefficient (Wildman–Crippen LogP) is 2.18. The van der Waals surface area contributed by atoms with E-state index in [4.69, 9.17) is 9.72 Å². The maximum Gasteiger partial charge on any atom is 0.278 e. The van der Waals surface area contributed by atoms with Crippen LogP contribution < -0.4 is 15.8 Å². The average Bonchev–Trinajstić information content (AvgIpc) is 3.18. The van der Waals surface area contributed by atoms with E-state index in [1.165, 1.54) is 15.9 Å². The summed E-state index contributed by atoms with van der Waals surface area (Å²) in [6.45, 7) is 6.89. The third-order valence-electron chi connectivity index (χ3n) is 5.88. The Morgan fingerprint density at radius 2 is 2.03 bits per heavy atom. The molecule has 0 saturated carbocycles. The quantitative estimate of drug-likeness (QED) is 0.674. The van der Waals surface area contributed by atoms with Crippen LogP contribution in [0.25, 0.3) is 4.96 Å². The number of aryl methyl sites for hydroxylation is 1. The molecule has 164 valence electrons. The van der Waals surface area contributed by atoms with Crippen molar-refractivity contribution in [2.75, 3.05) is 31.1 Å². The molecule has 9 heteroatoms. The molecule has 3 heterocycles. The number of fused-ring (bicyclic) bond motifs is 2. The van der Waals surface area contributed by atoms with E-state index in [0.29, 0.717) is 18.1 Å². The monoisotopic (exact) mass is 433 g/mol. The van der Waals surface area contributed by atoms with Gasteiger partial charge in [0.15, 0.2) is 0 Å². The first-order chi connectivity index (χ1) is 14.5. The maximum absolute atomic E-state index is 12.8. The number of aromatic nitrogens is 3. The summed E-state index contributed by atoms with van der Waals surface area (Å²) < 4.78 is 6.98. The second-order valence-corrected chi connectivity index (χ2v) is 9.39. The molecule has 4 rings (SSSR count). The molecule has 1 amide bonds. The zero-order valence-electron chi connectivity index (χ0n) is 17.9. The van der Waals surface area contributed by atoms with Crippen LogP contribution in [0.1, 0.15) is 57.2 Å². The number of hydrogen-bond acceptors (Lipinski definition) is 7. The Hall–Kier alpha value is -2.00. The molecule has 1 aliphatic heterocycles. The third-order valence-corrected chi connectivity index (χ3v) is 6.85. The second kappa shape index (κ2) is 9.43. The van der Waals surface area contributed by atoms with Crippen LogP contribution in [-0.2, 0) is 22.4 Å². The van der Waals surface area contributed by atoms with Gasteiger partial charge in [0.05, 0.1) is 11.8 Å². The van der Waals surface area contributed by atoms with E-state index >= 15 is 0 Å². The van der Waals surface area contributed by atoms with Gasteiger partial charge in [0.2, 0.25) is 16.0 Å². The lowest BCUT2D eigenvalue weighted by molar-refractivity contribution is -0.125. The van der Waals surface area contributed by atoms with Crippen LogP contribution >= 0.6 is 11.3 Å². The molecule has 8 nitrogen and oxygen atoms in total. The first-order valence-electron chi connectivity index (χ1n) is 11.1.